The first-order valence-corrected chi connectivity index (χ1v) is 12.4. The molecule has 34 heavy (non-hydrogen) atoms. The predicted octanol–water partition coefficient (Wildman–Crippen LogP) is 5.07. The number of pyridine rings is 1. The number of carbonyl (C=O) groups excluding carboxylic acids is 1. The molecular weight excluding hydrogens is 444 g/mol. The van der Waals surface area contributed by atoms with E-state index in [1.165, 1.54) is 0 Å². The maximum Gasteiger partial charge on any atom is 0.252 e. The average molecular weight is 473 g/mol. The van der Waals surface area contributed by atoms with Crippen molar-refractivity contribution in [2.75, 3.05) is 13.7 Å². The van der Waals surface area contributed by atoms with Gasteiger partial charge in [-0.15, -0.1) is 11.3 Å². The first-order chi connectivity index (χ1) is 16.5. The van der Waals surface area contributed by atoms with Crippen LogP contribution in [0.1, 0.15) is 41.3 Å². The van der Waals surface area contributed by atoms with E-state index in [2.05, 4.69) is 45.7 Å². The van der Waals surface area contributed by atoms with Gasteiger partial charge in [0.2, 0.25) is 0 Å². The molecule has 1 saturated carbocycles. The second kappa shape index (κ2) is 9.16. The first kappa shape index (κ1) is 22.5. The van der Waals surface area contributed by atoms with Crippen LogP contribution in [0.3, 0.4) is 0 Å². The number of aromatic nitrogens is 2. The summed E-state index contributed by atoms with van der Waals surface area (Å²) in [6.07, 6.45) is 5.39. The molecular formula is C27H28N4O2S. The highest BCUT2D eigenvalue weighted by atomic mass is 32.1. The molecule has 2 aromatic heterocycles. The number of amides is 1. The van der Waals surface area contributed by atoms with Gasteiger partial charge in [-0.2, -0.15) is 0 Å². The molecule has 1 aliphatic rings. The Bertz CT molecular complexity index is 1330. The van der Waals surface area contributed by atoms with Crippen molar-refractivity contribution >= 4 is 28.1 Å². The Hall–Kier alpha value is -3.29. The smallest absolute Gasteiger partial charge is 0.252 e. The topological polar surface area (TPSA) is 76.1 Å². The second-order valence-electron chi connectivity index (χ2n) is 8.94. The second-order valence-corrected chi connectivity index (χ2v) is 9.84. The van der Waals surface area contributed by atoms with Gasteiger partial charge in [0.25, 0.3) is 5.91 Å². The lowest BCUT2D eigenvalue weighted by Crippen LogP contribution is -2.35. The number of ether oxygens (including phenoxy) is 1. The summed E-state index contributed by atoms with van der Waals surface area (Å²) < 4.78 is 5.89. The van der Waals surface area contributed by atoms with E-state index in [9.17, 15) is 4.79 Å². The van der Waals surface area contributed by atoms with Crippen molar-refractivity contribution in [1.82, 2.24) is 20.6 Å². The number of nitrogens with zero attached hydrogens (tertiary/aromatic N) is 2. The Morgan fingerprint density at radius 2 is 2.03 bits per heavy atom. The van der Waals surface area contributed by atoms with Crippen molar-refractivity contribution in [1.29, 1.82) is 0 Å². The van der Waals surface area contributed by atoms with Crippen LogP contribution in [0.15, 0.2) is 60.2 Å². The normalized spacial score (nSPS) is 15.1. The zero-order valence-corrected chi connectivity index (χ0v) is 20.4. The fourth-order valence-corrected chi connectivity index (χ4v) is 4.81. The number of hydrogen-bond acceptors (Lipinski definition) is 6. The van der Waals surface area contributed by atoms with Crippen molar-refractivity contribution < 1.29 is 9.53 Å². The van der Waals surface area contributed by atoms with E-state index in [0.717, 1.165) is 45.4 Å². The molecule has 7 heteroatoms. The summed E-state index contributed by atoms with van der Waals surface area (Å²) >= 11 is 1.60. The van der Waals surface area contributed by atoms with Gasteiger partial charge in [-0.1, -0.05) is 12.1 Å². The first-order valence-electron chi connectivity index (χ1n) is 11.5. The van der Waals surface area contributed by atoms with Crippen molar-refractivity contribution in [3.63, 3.8) is 0 Å². The number of nitrogens with one attached hydrogen (secondary N) is 2. The molecule has 5 rings (SSSR count). The summed E-state index contributed by atoms with van der Waals surface area (Å²) in [6.45, 7) is 4.54. The molecule has 6 nitrogen and oxygen atoms in total. The van der Waals surface area contributed by atoms with Gasteiger partial charge in [0, 0.05) is 40.3 Å². The van der Waals surface area contributed by atoms with E-state index in [4.69, 9.17) is 4.74 Å². The van der Waals surface area contributed by atoms with Gasteiger partial charge in [-0.25, -0.2) is 4.98 Å². The van der Waals surface area contributed by atoms with Crippen molar-refractivity contribution in [2.24, 2.45) is 0 Å². The monoisotopic (exact) mass is 472 g/mol. The van der Waals surface area contributed by atoms with Crippen LogP contribution in [-0.2, 0) is 5.54 Å². The largest absolute Gasteiger partial charge is 0.492 e. The van der Waals surface area contributed by atoms with Crippen LogP contribution in [0, 0.1) is 6.92 Å². The number of likely N-dealkylation sites (N-methyl/N-ethyl adjacent to an activating group) is 1. The molecule has 1 amide bonds. The van der Waals surface area contributed by atoms with Gasteiger partial charge in [-0.3, -0.25) is 9.78 Å². The van der Waals surface area contributed by atoms with E-state index in [1.807, 2.05) is 49.8 Å². The molecule has 0 saturated heterocycles. The van der Waals surface area contributed by atoms with Crippen LogP contribution >= 0.6 is 11.3 Å². The minimum absolute atomic E-state index is 0.0844. The molecule has 0 spiro atoms. The molecule has 2 aromatic carbocycles. The highest BCUT2D eigenvalue weighted by molar-refractivity contribution is 7.13. The van der Waals surface area contributed by atoms with E-state index in [-0.39, 0.29) is 11.9 Å². The fourth-order valence-electron chi connectivity index (χ4n) is 4.18. The van der Waals surface area contributed by atoms with Crippen LogP contribution in [0.25, 0.3) is 21.5 Å². The number of carbonyl (C=O) groups is 1. The Morgan fingerprint density at radius 3 is 2.76 bits per heavy atom. The lowest BCUT2D eigenvalue weighted by molar-refractivity contribution is 0.0930. The summed E-state index contributed by atoms with van der Waals surface area (Å²) in [5.74, 6) is 0.613. The molecule has 0 bridgehead atoms. The zero-order valence-electron chi connectivity index (χ0n) is 19.6. The lowest BCUT2D eigenvalue weighted by Gasteiger charge is -2.22. The number of rotatable bonds is 8. The van der Waals surface area contributed by atoms with Crippen LogP contribution in [-0.4, -0.2) is 35.6 Å². The van der Waals surface area contributed by atoms with Gasteiger partial charge >= 0.3 is 0 Å². The molecule has 0 aliphatic heterocycles. The molecule has 1 fully saturated rings. The minimum Gasteiger partial charge on any atom is -0.492 e. The highest BCUT2D eigenvalue weighted by Crippen LogP contribution is 2.49. The molecule has 1 aliphatic carbocycles. The third-order valence-corrected chi connectivity index (χ3v) is 7.29. The van der Waals surface area contributed by atoms with Crippen LogP contribution < -0.4 is 15.4 Å². The number of aryl methyl sites for hydroxylation is 1. The molecule has 2 N–H and O–H groups in total. The van der Waals surface area contributed by atoms with Gasteiger partial charge in [0.05, 0.1) is 11.1 Å². The molecule has 0 radical (unpaired) electrons. The molecule has 1 atom stereocenters. The Kier molecular flexibility index (Phi) is 6.06. The van der Waals surface area contributed by atoms with Gasteiger partial charge in [0.15, 0.2) is 0 Å². The summed E-state index contributed by atoms with van der Waals surface area (Å²) in [5.41, 5.74) is 4.20. The van der Waals surface area contributed by atoms with Gasteiger partial charge in [-0.05, 0) is 75.2 Å². The van der Waals surface area contributed by atoms with Crippen molar-refractivity contribution in [3.05, 3.63) is 76.9 Å². The highest BCUT2D eigenvalue weighted by Gasteiger charge is 2.47. The minimum atomic E-state index is -0.407. The number of benzene rings is 2. The van der Waals surface area contributed by atoms with E-state index in [0.29, 0.717) is 17.9 Å². The number of fused-ring (bicyclic) bond motifs is 1. The summed E-state index contributed by atoms with van der Waals surface area (Å²) in [7, 11) is 1.90. The number of hydrogen-bond donors (Lipinski definition) is 2. The summed E-state index contributed by atoms with van der Waals surface area (Å²) in [6, 6.07) is 14.2. The third kappa shape index (κ3) is 4.41. The zero-order chi connectivity index (χ0) is 23.7. The van der Waals surface area contributed by atoms with E-state index < -0.39 is 5.54 Å². The van der Waals surface area contributed by atoms with E-state index in [1.54, 1.807) is 17.5 Å². The van der Waals surface area contributed by atoms with Crippen LogP contribution in [0.2, 0.25) is 0 Å². The summed E-state index contributed by atoms with van der Waals surface area (Å²) in [5, 5.41) is 10.5. The van der Waals surface area contributed by atoms with Crippen molar-refractivity contribution in [2.45, 2.75) is 38.3 Å². The average Bonchev–Trinajstić information content (AvgIpc) is 3.41. The number of thiazole rings is 1. The quantitative estimate of drug-likeness (QED) is 0.374. The Labute approximate surface area is 203 Å². The summed E-state index contributed by atoms with van der Waals surface area (Å²) in [4.78, 5) is 22.6. The lowest BCUT2D eigenvalue weighted by atomic mass is 9.95. The molecule has 0 unspecified atom stereocenters. The van der Waals surface area contributed by atoms with Gasteiger partial charge < -0.3 is 15.4 Å². The van der Waals surface area contributed by atoms with Crippen molar-refractivity contribution in [3.8, 4) is 16.3 Å². The molecule has 174 valence electrons. The van der Waals surface area contributed by atoms with E-state index >= 15 is 0 Å². The van der Waals surface area contributed by atoms with Crippen LogP contribution in [0.5, 0.6) is 5.75 Å². The maximum absolute atomic E-state index is 13.5. The molecule has 2 heterocycles. The fraction of sp³-hybridized carbons (Fsp3) is 0.296. The third-order valence-electron chi connectivity index (χ3n) is 6.46. The maximum atomic E-state index is 13.5. The predicted molar refractivity (Wildman–Crippen MR) is 136 cm³/mol. The van der Waals surface area contributed by atoms with Gasteiger partial charge in [0.1, 0.15) is 17.4 Å². The Morgan fingerprint density at radius 1 is 1.18 bits per heavy atom. The van der Waals surface area contributed by atoms with Crippen LogP contribution in [0.4, 0.5) is 0 Å². The molecule has 4 aromatic rings. The standard InChI is InChI=1S/C27H28N4O2S/c1-17-6-7-20(33-16-18(2)28-3)15-22(17)25(32)31-27(8-9-27)23-13-19(26-30-11-12-34-26)14-24-21(23)5-4-10-29-24/h4-7,10-15,18,28H,8-9,16H2,1-3H3,(H,31,32)/t18-/m0/s1. The Balaban J connectivity index is 1.47. The SMILES string of the molecule is CN[C@@H](C)COc1ccc(C)c(C(=O)NC2(c3cc(-c4nccs4)cc4ncccc34)CC2)c1.